The first-order valence-corrected chi connectivity index (χ1v) is 11.6. The number of thioether (sulfide) groups is 1. The molecule has 7 nitrogen and oxygen atoms in total. The minimum atomic E-state index is -0.187. The monoisotopic (exact) mass is 467 g/mol. The lowest BCUT2D eigenvalue weighted by molar-refractivity contribution is -0.113. The number of thiophene rings is 1. The molecule has 9 heteroatoms. The van der Waals surface area contributed by atoms with Gasteiger partial charge in [-0.1, -0.05) is 23.9 Å². The molecular weight excluding hydrogens is 446 g/mol. The number of anilines is 1. The van der Waals surface area contributed by atoms with E-state index >= 15 is 0 Å². The van der Waals surface area contributed by atoms with Crippen LogP contribution in [-0.2, 0) is 11.3 Å². The summed E-state index contributed by atoms with van der Waals surface area (Å²) < 4.78 is 12.6. The van der Waals surface area contributed by atoms with Crippen molar-refractivity contribution in [2.75, 3.05) is 25.3 Å². The Morgan fingerprint density at radius 2 is 1.88 bits per heavy atom. The number of rotatable bonds is 8. The molecule has 0 aliphatic carbocycles. The molecule has 1 amide bonds. The van der Waals surface area contributed by atoms with Gasteiger partial charge < -0.3 is 14.8 Å². The van der Waals surface area contributed by atoms with E-state index in [4.69, 9.17) is 9.47 Å². The molecule has 0 radical (unpaired) electrons. The molecule has 0 aliphatic heterocycles. The molecule has 2 aromatic heterocycles. The molecule has 0 spiro atoms. The predicted molar refractivity (Wildman–Crippen MR) is 128 cm³/mol. The van der Waals surface area contributed by atoms with Gasteiger partial charge in [-0.25, -0.2) is 4.98 Å². The summed E-state index contributed by atoms with van der Waals surface area (Å²) in [5.74, 6) is 1.36. The summed E-state index contributed by atoms with van der Waals surface area (Å²) in [6, 6.07) is 16.5. The van der Waals surface area contributed by atoms with E-state index in [-0.39, 0.29) is 17.2 Å². The van der Waals surface area contributed by atoms with E-state index < -0.39 is 0 Å². The fraction of sp³-hybridized carbons (Fsp3) is 0.174. The number of methoxy groups -OCH3 is 2. The van der Waals surface area contributed by atoms with Gasteiger partial charge in [0.2, 0.25) is 5.91 Å². The summed E-state index contributed by atoms with van der Waals surface area (Å²) in [5.41, 5.74) is 2.10. The molecule has 0 saturated carbocycles. The van der Waals surface area contributed by atoms with E-state index in [1.807, 2.05) is 35.7 Å². The van der Waals surface area contributed by atoms with Crippen LogP contribution in [0.5, 0.6) is 11.5 Å². The van der Waals surface area contributed by atoms with E-state index in [1.165, 1.54) is 23.1 Å². The number of benzene rings is 2. The Kier molecular flexibility index (Phi) is 6.77. The van der Waals surface area contributed by atoms with Gasteiger partial charge in [0.05, 0.1) is 32.0 Å². The molecular formula is C23H21N3O4S2. The Morgan fingerprint density at radius 3 is 2.62 bits per heavy atom. The van der Waals surface area contributed by atoms with Gasteiger partial charge in [0.15, 0.2) is 5.16 Å². The molecule has 164 valence electrons. The number of ether oxygens (including phenoxy) is 2. The fourth-order valence-corrected chi connectivity index (χ4v) is 4.70. The summed E-state index contributed by atoms with van der Waals surface area (Å²) in [7, 11) is 3.19. The molecule has 2 heterocycles. The van der Waals surface area contributed by atoms with E-state index in [9.17, 15) is 9.59 Å². The summed E-state index contributed by atoms with van der Waals surface area (Å²) in [4.78, 5) is 30.3. The fourth-order valence-electron chi connectivity index (χ4n) is 3.13. The first-order chi connectivity index (χ1) is 15.6. The average molecular weight is 468 g/mol. The molecule has 32 heavy (non-hydrogen) atoms. The number of carbonyl (C=O) groups excluding carboxylic acids is 1. The Balaban J connectivity index is 1.55. The summed E-state index contributed by atoms with van der Waals surface area (Å²) in [5, 5.41) is 5.19. The molecule has 0 aliphatic rings. The lowest BCUT2D eigenvalue weighted by Crippen LogP contribution is -2.24. The van der Waals surface area contributed by atoms with Crippen molar-refractivity contribution >= 4 is 44.9 Å². The van der Waals surface area contributed by atoms with Gasteiger partial charge >= 0.3 is 0 Å². The number of amides is 1. The number of carbonyl (C=O) groups is 1. The second-order valence-corrected chi connectivity index (χ2v) is 8.70. The third-order valence-electron chi connectivity index (χ3n) is 4.71. The molecule has 4 rings (SSSR count). The maximum absolute atomic E-state index is 13.1. The molecule has 2 aromatic carbocycles. The number of nitrogens with one attached hydrogen (secondary N) is 1. The van der Waals surface area contributed by atoms with Crippen molar-refractivity contribution in [1.29, 1.82) is 0 Å². The normalized spacial score (nSPS) is 10.8. The van der Waals surface area contributed by atoms with Crippen LogP contribution >= 0.6 is 23.1 Å². The van der Waals surface area contributed by atoms with Gasteiger partial charge in [-0.2, -0.15) is 0 Å². The second-order valence-electron chi connectivity index (χ2n) is 6.84. The van der Waals surface area contributed by atoms with Crippen molar-refractivity contribution in [2.45, 2.75) is 11.7 Å². The molecule has 0 bridgehead atoms. The van der Waals surface area contributed by atoms with Gasteiger partial charge in [-0.15, -0.1) is 11.3 Å². The lowest BCUT2D eigenvalue weighted by Gasteiger charge is -2.13. The van der Waals surface area contributed by atoms with Crippen molar-refractivity contribution in [1.82, 2.24) is 9.55 Å². The van der Waals surface area contributed by atoms with Crippen LogP contribution < -0.4 is 20.3 Å². The maximum Gasteiger partial charge on any atom is 0.272 e. The van der Waals surface area contributed by atoms with Crippen LogP contribution in [0.15, 0.2) is 69.9 Å². The van der Waals surface area contributed by atoms with Crippen LogP contribution in [0, 0.1) is 0 Å². The SMILES string of the molecule is COc1ccc(NC(=O)CSc2nc3ccsc3c(=O)n2Cc2cccc(OC)c2)cc1. The minimum absolute atomic E-state index is 0.117. The third-order valence-corrected chi connectivity index (χ3v) is 6.58. The van der Waals surface area contributed by atoms with Crippen molar-refractivity contribution < 1.29 is 14.3 Å². The first kappa shape index (κ1) is 21.9. The Labute approximate surface area is 193 Å². The first-order valence-electron chi connectivity index (χ1n) is 9.75. The van der Waals surface area contributed by atoms with Gasteiger partial charge in [0.25, 0.3) is 5.56 Å². The van der Waals surface area contributed by atoms with Crippen molar-refractivity contribution in [3.63, 3.8) is 0 Å². The minimum Gasteiger partial charge on any atom is -0.497 e. The maximum atomic E-state index is 13.1. The van der Waals surface area contributed by atoms with Gasteiger partial charge in [-0.05, 0) is 53.4 Å². The smallest absolute Gasteiger partial charge is 0.272 e. The Hall–Kier alpha value is -3.30. The lowest BCUT2D eigenvalue weighted by atomic mass is 10.2. The molecule has 1 N–H and O–H groups in total. The average Bonchev–Trinajstić information content (AvgIpc) is 3.29. The zero-order valence-electron chi connectivity index (χ0n) is 17.5. The zero-order chi connectivity index (χ0) is 22.5. The topological polar surface area (TPSA) is 82.5 Å². The number of fused-ring (bicyclic) bond motifs is 1. The third kappa shape index (κ3) is 4.95. The second kappa shape index (κ2) is 9.88. The number of nitrogens with zero attached hydrogens (tertiary/aromatic N) is 2. The largest absolute Gasteiger partial charge is 0.497 e. The van der Waals surface area contributed by atoms with Crippen LogP contribution in [0.2, 0.25) is 0 Å². The van der Waals surface area contributed by atoms with Gasteiger partial charge in [-0.3, -0.25) is 14.2 Å². The molecule has 4 aromatic rings. The van der Waals surface area contributed by atoms with Crippen LogP contribution in [-0.4, -0.2) is 35.4 Å². The molecule has 0 atom stereocenters. The molecule has 0 saturated heterocycles. The van der Waals surface area contributed by atoms with Gasteiger partial charge in [0, 0.05) is 5.69 Å². The van der Waals surface area contributed by atoms with Gasteiger partial charge in [0.1, 0.15) is 16.2 Å². The highest BCUT2D eigenvalue weighted by Gasteiger charge is 2.15. The van der Waals surface area contributed by atoms with Crippen LogP contribution in [0.1, 0.15) is 5.56 Å². The van der Waals surface area contributed by atoms with Crippen molar-refractivity contribution in [3.8, 4) is 11.5 Å². The quantitative estimate of drug-likeness (QED) is 0.308. The number of aromatic nitrogens is 2. The predicted octanol–water partition coefficient (Wildman–Crippen LogP) is 4.25. The standard InChI is InChI=1S/C23H21N3O4S2/c1-29-17-8-6-16(7-9-17)24-20(27)14-32-23-25-19-10-11-31-21(19)22(28)26(23)13-15-4-3-5-18(12-15)30-2/h3-12H,13-14H2,1-2H3,(H,24,27). The zero-order valence-corrected chi connectivity index (χ0v) is 19.2. The number of hydrogen-bond donors (Lipinski definition) is 1. The molecule has 0 unspecified atom stereocenters. The Morgan fingerprint density at radius 1 is 1.09 bits per heavy atom. The number of hydrogen-bond acceptors (Lipinski definition) is 7. The van der Waals surface area contributed by atoms with E-state index in [0.29, 0.717) is 39.1 Å². The van der Waals surface area contributed by atoms with E-state index in [0.717, 1.165) is 5.56 Å². The Bertz CT molecular complexity index is 1300. The van der Waals surface area contributed by atoms with Crippen LogP contribution in [0.3, 0.4) is 0 Å². The van der Waals surface area contributed by atoms with Crippen LogP contribution in [0.25, 0.3) is 10.2 Å². The highest BCUT2D eigenvalue weighted by Crippen LogP contribution is 2.23. The summed E-state index contributed by atoms with van der Waals surface area (Å²) in [6.07, 6.45) is 0. The van der Waals surface area contributed by atoms with E-state index in [2.05, 4.69) is 10.3 Å². The highest BCUT2D eigenvalue weighted by molar-refractivity contribution is 7.99. The van der Waals surface area contributed by atoms with Crippen molar-refractivity contribution in [2.24, 2.45) is 0 Å². The van der Waals surface area contributed by atoms with Crippen LogP contribution in [0.4, 0.5) is 5.69 Å². The summed E-state index contributed by atoms with van der Waals surface area (Å²) in [6.45, 7) is 0.333. The molecule has 0 fully saturated rings. The highest BCUT2D eigenvalue weighted by atomic mass is 32.2. The summed E-state index contributed by atoms with van der Waals surface area (Å²) >= 11 is 2.60. The van der Waals surface area contributed by atoms with Crippen molar-refractivity contribution in [3.05, 3.63) is 75.9 Å². The van der Waals surface area contributed by atoms with E-state index in [1.54, 1.807) is 43.1 Å².